The van der Waals surface area contributed by atoms with E-state index >= 15 is 0 Å². The Bertz CT molecular complexity index is 339. The number of carboxylic acid groups (broad SMARTS) is 1. The Morgan fingerprint density at radius 1 is 1.05 bits per heavy atom. The molecular formula is C18H32O4. The number of unbranched alkanes of at least 4 members (excludes halogenated alkanes) is 6. The van der Waals surface area contributed by atoms with Gasteiger partial charge in [0, 0.05) is 12.3 Å². The highest BCUT2D eigenvalue weighted by atomic mass is 16.5. The average Bonchev–Trinajstić information content (AvgIpc) is 2.51. The second-order valence-corrected chi connectivity index (χ2v) is 5.34. The minimum atomic E-state index is -0.665. The molecule has 0 amide bonds. The third-order valence-corrected chi connectivity index (χ3v) is 3.19. The SMILES string of the molecule is CCCCCC#CC(=O)OC.CCCCCCC(C)C(=O)O. The van der Waals surface area contributed by atoms with Crippen molar-refractivity contribution in [3.05, 3.63) is 0 Å². The van der Waals surface area contributed by atoms with Crippen LogP contribution in [0.15, 0.2) is 0 Å². The van der Waals surface area contributed by atoms with Gasteiger partial charge in [-0.3, -0.25) is 4.79 Å². The van der Waals surface area contributed by atoms with Crippen molar-refractivity contribution in [1.29, 1.82) is 0 Å². The number of methoxy groups -OCH3 is 1. The van der Waals surface area contributed by atoms with Crippen LogP contribution in [0, 0.1) is 17.8 Å². The number of rotatable bonds is 9. The molecule has 22 heavy (non-hydrogen) atoms. The second-order valence-electron chi connectivity index (χ2n) is 5.34. The Balaban J connectivity index is 0. The number of esters is 1. The van der Waals surface area contributed by atoms with Crippen LogP contribution in [0.5, 0.6) is 0 Å². The van der Waals surface area contributed by atoms with E-state index < -0.39 is 11.9 Å². The van der Waals surface area contributed by atoms with Gasteiger partial charge in [0.15, 0.2) is 0 Å². The molecule has 0 radical (unpaired) electrons. The van der Waals surface area contributed by atoms with Crippen molar-refractivity contribution in [1.82, 2.24) is 0 Å². The quantitative estimate of drug-likeness (QED) is 0.296. The standard InChI is InChI=1S/C9H14O2.C9H18O2/c1-3-4-5-6-7-8-9(10)11-2;1-3-4-5-6-7-8(2)9(10)11/h3-6H2,1-2H3;8H,3-7H2,1-2H3,(H,10,11). The zero-order valence-electron chi connectivity index (χ0n) is 14.6. The molecule has 4 heteroatoms. The summed E-state index contributed by atoms with van der Waals surface area (Å²) < 4.78 is 4.34. The molecule has 1 unspecified atom stereocenters. The number of aliphatic carboxylic acids is 1. The van der Waals surface area contributed by atoms with E-state index in [4.69, 9.17) is 5.11 Å². The number of carboxylic acids is 1. The Morgan fingerprint density at radius 3 is 2.14 bits per heavy atom. The first kappa shape index (κ1) is 22.8. The molecule has 0 saturated carbocycles. The third-order valence-electron chi connectivity index (χ3n) is 3.19. The van der Waals surface area contributed by atoms with Crippen molar-refractivity contribution in [2.75, 3.05) is 7.11 Å². The highest BCUT2D eigenvalue weighted by Gasteiger charge is 2.08. The van der Waals surface area contributed by atoms with Gasteiger partial charge in [-0.05, 0) is 12.8 Å². The van der Waals surface area contributed by atoms with Gasteiger partial charge < -0.3 is 9.84 Å². The van der Waals surface area contributed by atoms with Crippen molar-refractivity contribution in [3.63, 3.8) is 0 Å². The number of carbonyl (C=O) groups is 2. The van der Waals surface area contributed by atoms with Crippen LogP contribution in [0.2, 0.25) is 0 Å². The smallest absolute Gasteiger partial charge is 0.384 e. The first-order valence-electron chi connectivity index (χ1n) is 8.29. The minimum Gasteiger partial charge on any atom is -0.481 e. The first-order valence-corrected chi connectivity index (χ1v) is 8.29. The van der Waals surface area contributed by atoms with E-state index in [0.717, 1.165) is 25.7 Å². The fraction of sp³-hybridized carbons (Fsp3) is 0.778. The van der Waals surface area contributed by atoms with Crippen LogP contribution < -0.4 is 0 Å². The lowest BCUT2D eigenvalue weighted by molar-refractivity contribution is -0.141. The number of hydrogen-bond donors (Lipinski definition) is 1. The Labute approximate surface area is 135 Å². The molecule has 0 aromatic carbocycles. The molecular weight excluding hydrogens is 280 g/mol. The highest BCUT2D eigenvalue weighted by molar-refractivity contribution is 5.88. The zero-order chi connectivity index (χ0) is 17.2. The molecule has 0 aliphatic carbocycles. The molecule has 4 nitrogen and oxygen atoms in total. The monoisotopic (exact) mass is 312 g/mol. The van der Waals surface area contributed by atoms with Crippen molar-refractivity contribution in [2.24, 2.45) is 5.92 Å². The lowest BCUT2D eigenvalue weighted by atomic mass is 10.0. The highest BCUT2D eigenvalue weighted by Crippen LogP contribution is 2.09. The summed E-state index contributed by atoms with van der Waals surface area (Å²) in [4.78, 5) is 20.8. The lowest BCUT2D eigenvalue weighted by Crippen LogP contribution is -2.08. The second kappa shape index (κ2) is 17.6. The fourth-order valence-corrected chi connectivity index (χ4v) is 1.65. The van der Waals surface area contributed by atoms with E-state index in [9.17, 15) is 9.59 Å². The molecule has 1 N–H and O–H groups in total. The number of ether oxygens (including phenoxy) is 1. The molecule has 0 aliphatic heterocycles. The maximum absolute atomic E-state index is 10.4. The summed E-state index contributed by atoms with van der Waals surface area (Å²) in [6.45, 7) is 6.06. The summed E-state index contributed by atoms with van der Waals surface area (Å²) in [6, 6.07) is 0. The van der Waals surface area contributed by atoms with Crippen LogP contribution in [0.3, 0.4) is 0 Å². The van der Waals surface area contributed by atoms with Gasteiger partial charge in [0.1, 0.15) is 0 Å². The summed E-state index contributed by atoms with van der Waals surface area (Å²) in [5, 5.41) is 8.54. The van der Waals surface area contributed by atoms with Gasteiger partial charge in [0.25, 0.3) is 0 Å². The van der Waals surface area contributed by atoms with Crippen molar-refractivity contribution < 1.29 is 19.4 Å². The van der Waals surface area contributed by atoms with Gasteiger partial charge in [-0.25, -0.2) is 4.79 Å². The molecule has 0 heterocycles. The summed E-state index contributed by atoms with van der Waals surface area (Å²) in [7, 11) is 1.34. The molecule has 0 aromatic rings. The molecule has 0 fully saturated rings. The zero-order valence-corrected chi connectivity index (χ0v) is 14.6. The topological polar surface area (TPSA) is 63.6 Å². The maximum Gasteiger partial charge on any atom is 0.384 e. The summed E-state index contributed by atoms with van der Waals surface area (Å²) in [6.07, 6.45) is 9.72. The average molecular weight is 312 g/mol. The summed E-state index contributed by atoms with van der Waals surface area (Å²) in [5.74, 6) is 3.86. The summed E-state index contributed by atoms with van der Waals surface area (Å²) >= 11 is 0. The van der Waals surface area contributed by atoms with Gasteiger partial charge in [0.05, 0.1) is 13.0 Å². The normalized spacial score (nSPS) is 10.5. The van der Waals surface area contributed by atoms with Crippen LogP contribution >= 0.6 is 0 Å². The number of carbonyl (C=O) groups excluding carboxylic acids is 1. The van der Waals surface area contributed by atoms with E-state index in [2.05, 4.69) is 30.4 Å². The van der Waals surface area contributed by atoms with Crippen LogP contribution in [0.4, 0.5) is 0 Å². The van der Waals surface area contributed by atoms with Crippen LogP contribution in [0.25, 0.3) is 0 Å². The van der Waals surface area contributed by atoms with Crippen LogP contribution in [0.1, 0.15) is 78.6 Å². The Kier molecular flexibility index (Phi) is 18.2. The maximum atomic E-state index is 10.4. The molecule has 0 aromatic heterocycles. The molecule has 0 saturated heterocycles. The first-order chi connectivity index (χ1) is 10.5. The minimum absolute atomic E-state index is 0.160. The van der Waals surface area contributed by atoms with E-state index in [1.165, 1.54) is 39.2 Å². The van der Waals surface area contributed by atoms with Crippen molar-refractivity contribution in [3.8, 4) is 11.8 Å². The molecule has 0 rings (SSSR count). The van der Waals surface area contributed by atoms with E-state index in [-0.39, 0.29) is 5.92 Å². The van der Waals surface area contributed by atoms with Gasteiger partial charge in [0.2, 0.25) is 0 Å². The lowest BCUT2D eigenvalue weighted by Gasteiger charge is -2.04. The van der Waals surface area contributed by atoms with Crippen molar-refractivity contribution in [2.45, 2.75) is 78.6 Å². The predicted octanol–water partition coefficient (Wildman–Crippen LogP) is 4.42. The molecule has 1 atom stereocenters. The Hall–Kier alpha value is -1.50. The van der Waals surface area contributed by atoms with Gasteiger partial charge in [-0.15, -0.1) is 0 Å². The Morgan fingerprint density at radius 2 is 1.64 bits per heavy atom. The fourth-order valence-electron chi connectivity index (χ4n) is 1.65. The molecule has 0 bridgehead atoms. The van der Waals surface area contributed by atoms with E-state index in [1.807, 2.05) is 0 Å². The molecule has 0 spiro atoms. The van der Waals surface area contributed by atoms with Gasteiger partial charge in [-0.2, -0.15) is 0 Å². The molecule has 0 aliphatic rings. The van der Waals surface area contributed by atoms with Crippen LogP contribution in [-0.2, 0) is 14.3 Å². The van der Waals surface area contributed by atoms with Gasteiger partial charge in [-0.1, -0.05) is 65.2 Å². The van der Waals surface area contributed by atoms with Crippen LogP contribution in [-0.4, -0.2) is 24.2 Å². The third kappa shape index (κ3) is 18.5. The van der Waals surface area contributed by atoms with Gasteiger partial charge >= 0.3 is 11.9 Å². The number of hydrogen-bond acceptors (Lipinski definition) is 3. The van der Waals surface area contributed by atoms with E-state index in [1.54, 1.807) is 6.92 Å². The van der Waals surface area contributed by atoms with Crippen molar-refractivity contribution >= 4 is 11.9 Å². The predicted molar refractivity (Wildman–Crippen MR) is 89.5 cm³/mol. The molecule has 128 valence electrons. The largest absolute Gasteiger partial charge is 0.481 e. The summed E-state index contributed by atoms with van der Waals surface area (Å²) in [5.41, 5.74) is 0. The van der Waals surface area contributed by atoms with E-state index in [0.29, 0.717) is 0 Å².